The normalized spacial score (nSPS) is 19.0. The molecule has 1 amide bonds. The first kappa shape index (κ1) is 20.6. The predicted molar refractivity (Wildman–Crippen MR) is 118 cm³/mol. The van der Waals surface area contributed by atoms with Gasteiger partial charge < -0.3 is 24.6 Å². The highest BCUT2D eigenvalue weighted by Crippen LogP contribution is 2.42. The summed E-state index contributed by atoms with van der Waals surface area (Å²) in [5, 5.41) is 20.9. The topological polar surface area (TPSA) is 109 Å². The SMILES string of the molecule is O=C1C(=O)N(Cc2ccncc2)C(c2ccc(O)cc2)C1=C(O)c1ccc2c(c1)OCCO2. The van der Waals surface area contributed by atoms with Crippen LogP contribution in [0.25, 0.3) is 5.76 Å². The minimum absolute atomic E-state index is 0.0311. The Hall–Kier alpha value is -4.33. The van der Waals surface area contributed by atoms with E-state index >= 15 is 0 Å². The summed E-state index contributed by atoms with van der Waals surface area (Å²) in [4.78, 5) is 31.6. The van der Waals surface area contributed by atoms with Crippen LogP contribution in [0.15, 0.2) is 72.6 Å². The number of aromatic hydroxyl groups is 1. The first-order valence-electron chi connectivity index (χ1n) is 10.4. The van der Waals surface area contributed by atoms with Crippen molar-refractivity contribution in [1.29, 1.82) is 0 Å². The number of fused-ring (bicyclic) bond motifs is 1. The average molecular weight is 444 g/mol. The summed E-state index contributed by atoms with van der Waals surface area (Å²) in [5.74, 6) is -0.751. The first-order chi connectivity index (χ1) is 16.0. The summed E-state index contributed by atoms with van der Waals surface area (Å²) < 4.78 is 11.1. The first-order valence-corrected chi connectivity index (χ1v) is 10.4. The number of aromatic nitrogens is 1. The smallest absolute Gasteiger partial charge is 0.295 e. The molecule has 0 spiro atoms. The molecule has 2 aliphatic rings. The Morgan fingerprint density at radius 2 is 1.67 bits per heavy atom. The number of phenolic OH excluding ortho intramolecular Hbond substituents is 1. The van der Waals surface area contributed by atoms with Crippen LogP contribution in [0.5, 0.6) is 17.2 Å². The molecule has 1 aromatic heterocycles. The van der Waals surface area contributed by atoms with E-state index in [0.29, 0.717) is 35.8 Å². The Bertz CT molecular complexity index is 1250. The number of likely N-dealkylation sites (tertiary alicyclic amines) is 1. The number of ketones is 1. The molecule has 3 aromatic rings. The van der Waals surface area contributed by atoms with Gasteiger partial charge in [-0.15, -0.1) is 0 Å². The lowest BCUT2D eigenvalue weighted by molar-refractivity contribution is -0.140. The maximum Gasteiger partial charge on any atom is 0.295 e. The second-order valence-electron chi connectivity index (χ2n) is 7.73. The van der Waals surface area contributed by atoms with Crippen molar-refractivity contribution in [2.45, 2.75) is 12.6 Å². The number of carbonyl (C=O) groups excluding carboxylic acids is 2. The lowest BCUT2D eigenvalue weighted by atomic mass is 9.95. The van der Waals surface area contributed by atoms with Crippen molar-refractivity contribution in [2.24, 2.45) is 0 Å². The van der Waals surface area contributed by atoms with Gasteiger partial charge in [0.1, 0.15) is 24.7 Å². The number of ether oxygens (including phenoxy) is 2. The van der Waals surface area contributed by atoms with Gasteiger partial charge in [0.05, 0.1) is 11.6 Å². The molecule has 1 unspecified atom stereocenters. The lowest BCUT2D eigenvalue weighted by Crippen LogP contribution is -2.29. The maximum absolute atomic E-state index is 13.1. The number of rotatable bonds is 4. The fraction of sp³-hybridized carbons (Fsp3) is 0.160. The third kappa shape index (κ3) is 3.76. The van der Waals surface area contributed by atoms with E-state index in [1.807, 2.05) is 0 Å². The molecule has 0 saturated carbocycles. The van der Waals surface area contributed by atoms with Gasteiger partial charge in [0.15, 0.2) is 11.5 Å². The highest BCUT2D eigenvalue weighted by molar-refractivity contribution is 6.46. The number of amides is 1. The molecule has 8 heteroatoms. The van der Waals surface area contributed by atoms with Crippen molar-refractivity contribution in [3.05, 3.63) is 89.3 Å². The van der Waals surface area contributed by atoms with Crippen LogP contribution < -0.4 is 9.47 Å². The monoisotopic (exact) mass is 444 g/mol. The number of pyridine rings is 1. The quantitative estimate of drug-likeness (QED) is 0.361. The highest BCUT2D eigenvalue weighted by Gasteiger charge is 2.46. The van der Waals surface area contributed by atoms with E-state index in [1.54, 1.807) is 54.9 Å². The largest absolute Gasteiger partial charge is 0.508 e. The average Bonchev–Trinajstić information content (AvgIpc) is 3.09. The maximum atomic E-state index is 13.1. The molecule has 5 rings (SSSR count). The highest BCUT2D eigenvalue weighted by atomic mass is 16.6. The number of hydrogen-bond donors (Lipinski definition) is 2. The molecule has 3 heterocycles. The molecule has 33 heavy (non-hydrogen) atoms. The van der Waals surface area contributed by atoms with Crippen LogP contribution in [-0.4, -0.2) is 45.0 Å². The van der Waals surface area contributed by atoms with Gasteiger partial charge in [-0.1, -0.05) is 12.1 Å². The fourth-order valence-electron chi connectivity index (χ4n) is 4.08. The van der Waals surface area contributed by atoms with Gasteiger partial charge >= 0.3 is 0 Å². The predicted octanol–water partition coefficient (Wildman–Crippen LogP) is 3.18. The van der Waals surface area contributed by atoms with Crippen molar-refractivity contribution in [3.63, 3.8) is 0 Å². The van der Waals surface area contributed by atoms with E-state index in [9.17, 15) is 19.8 Å². The zero-order valence-electron chi connectivity index (χ0n) is 17.5. The van der Waals surface area contributed by atoms with Gasteiger partial charge in [0, 0.05) is 24.5 Å². The van der Waals surface area contributed by atoms with Crippen molar-refractivity contribution < 1.29 is 29.3 Å². The number of carbonyl (C=O) groups is 2. The Morgan fingerprint density at radius 1 is 0.970 bits per heavy atom. The van der Waals surface area contributed by atoms with Crippen LogP contribution in [0.4, 0.5) is 0 Å². The van der Waals surface area contributed by atoms with Gasteiger partial charge in [-0.05, 0) is 53.6 Å². The molecule has 1 atom stereocenters. The van der Waals surface area contributed by atoms with Crippen LogP contribution in [0.2, 0.25) is 0 Å². The fourth-order valence-corrected chi connectivity index (χ4v) is 4.08. The van der Waals surface area contributed by atoms with Crippen LogP contribution >= 0.6 is 0 Å². The number of aliphatic hydroxyl groups is 1. The van der Waals surface area contributed by atoms with Crippen LogP contribution in [0.3, 0.4) is 0 Å². The number of hydrogen-bond acceptors (Lipinski definition) is 7. The molecule has 1 fully saturated rings. The molecule has 0 bridgehead atoms. The number of aliphatic hydroxyl groups excluding tert-OH is 1. The third-order valence-corrected chi connectivity index (χ3v) is 5.67. The molecule has 0 aliphatic carbocycles. The summed E-state index contributed by atoms with van der Waals surface area (Å²) in [7, 11) is 0. The summed E-state index contributed by atoms with van der Waals surface area (Å²) in [5.41, 5.74) is 1.68. The van der Waals surface area contributed by atoms with Crippen molar-refractivity contribution in [1.82, 2.24) is 9.88 Å². The van der Waals surface area contributed by atoms with E-state index in [1.165, 1.54) is 17.0 Å². The van der Waals surface area contributed by atoms with E-state index in [2.05, 4.69) is 4.98 Å². The number of nitrogens with zero attached hydrogens (tertiary/aromatic N) is 2. The summed E-state index contributed by atoms with van der Waals surface area (Å²) in [6, 6.07) is 13.8. The molecule has 2 aromatic carbocycles. The summed E-state index contributed by atoms with van der Waals surface area (Å²) in [6.07, 6.45) is 3.22. The second kappa shape index (κ2) is 8.31. The molecule has 166 valence electrons. The lowest BCUT2D eigenvalue weighted by Gasteiger charge is -2.25. The summed E-state index contributed by atoms with van der Waals surface area (Å²) >= 11 is 0. The van der Waals surface area contributed by atoms with Crippen LogP contribution in [-0.2, 0) is 16.1 Å². The Morgan fingerprint density at radius 3 is 2.39 bits per heavy atom. The Kier molecular flexibility index (Phi) is 5.18. The number of Topliss-reactive ketones (excluding diaryl/α,β-unsaturated/α-hetero) is 1. The molecule has 1 saturated heterocycles. The molecular weight excluding hydrogens is 424 g/mol. The van der Waals surface area contributed by atoms with E-state index in [0.717, 1.165) is 5.56 Å². The molecule has 0 radical (unpaired) electrons. The molecule has 8 nitrogen and oxygen atoms in total. The van der Waals surface area contributed by atoms with E-state index in [4.69, 9.17) is 9.47 Å². The van der Waals surface area contributed by atoms with Gasteiger partial charge in [0.2, 0.25) is 0 Å². The van der Waals surface area contributed by atoms with Gasteiger partial charge in [-0.3, -0.25) is 14.6 Å². The Balaban J connectivity index is 1.63. The zero-order chi connectivity index (χ0) is 22.9. The standard InChI is InChI=1S/C25H20N2O6/c28-18-4-1-16(2-5-18)22-21(23(29)17-3-6-19-20(13-17)33-12-11-32-19)24(30)25(31)27(22)14-15-7-9-26-10-8-15/h1-10,13,22,28-29H,11-12,14H2. The molecule has 2 N–H and O–H groups in total. The van der Waals surface area contributed by atoms with Crippen LogP contribution in [0.1, 0.15) is 22.7 Å². The van der Waals surface area contributed by atoms with Gasteiger partial charge in [-0.2, -0.15) is 0 Å². The van der Waals surface area contributed by atoms with Gasteiger partial charge in [0.25, 0.3) is 11.7 Å². The van der Waals surface area contributed by atoms with Crippen molar-refractivity contribution >= 4 is 17.4 Å². The zero-order valence-corrected chi connectivity index (χ0v) is 17.5. The number of phenols is 1. The number of benzene rings is 2. The molecule has 2 aliphatic heterocycles. The summed E-state index contributed by atoms with van der Waals surface area (Å²) in [6.45, 7) is 0.955. The van der Waals surface area contributed by atoms with Crippen molar-refractivity contribution in [3.8, 4) is 17.2 Å². The minimum Gasteiger partial charge on any atom is -0.508 e. The second-order valence-corrected chi connectivity index (χ2v) is 7.73. The van der Waals surface area contributed by atoms with E-state index < -0.39 is 17.7 Å². The van der Waals surface area contributed by atoms with Gasteiger partial charge in [-0.25, -0.2) is 0 Å². The third-order valence-electron chi connectivity index (χ3n) is 5.67. The Labute approximate surface area is 189 Å². The van der Waals surface area contributed by atoms with Crippen LogP contribution in [0, 0.1) is 0 Å². The van der Waals surface area contributed by atoms with Crippen molar-refractivity contribution in [2.75, 3.05) is 13.2 Å². The minimum atomic E-state index is -0.841. The molecular formula is C25H20N2O6. The van der Waals surface area contributed by atoms with E-state index in [-0.39, 0.29) is 23.6 Å².